The van der Waals surface area contributed by atoms with E-state index in [1.807, 2.05) is 31.2 Å². The molecule has 0 aliphatic heterocycles. The molecule has 2 rings (SSSR count). The van der Waals surface area contributed by atoms with Gasteiger partial charge in [0.2, 0.25) is 0 Å². The van der Waals surface area contributed by atoms with Gasteiger partial charge < -0.3 is 5.73 Å². The van der Waals surface area contributed by atoms with Crippen molar-refractivity contribution in [3.63, 3.8) is 0 Å². The molecule has 4 heteroatoms. The summed E-state index contributed by atoms with van der Waals surface area (Å²) in [6.45, 7) is 1.83. The lowest BCUT2D eigenvalue weighted by Gasteiger charge is -2.08. The number of nitrogens with two attached hydrogens (primary N) is 1. The maximum absolute atomic E-state index is 13.9. The van der Waals surface area contributed by atoms with Crippen LogP contribution in [0.15, 0.2) is 52.3 Å². The normalized spacial score (nSPS) is 12.4. The maximum atomic E-state index is 13.9. The van der Waals surface area contributed by atoms with Gasteiger partial charge in [-0.3, -0.25) is 0 Å². The molecule has 0 amide bonds. The lowest BCUT2D eigenvalue weighted by atomic mass is 10.1. The van der Waals surface area contributed by atoms with E-state index in [-0.39, 0.29) is 11.9 Å². The van der Waals surface area contributed by atoms with Gasteiger partial charge in [-0.1, -0.05) is 35.5 Å². The first-order valence-electron chi connectivity index (χ1n) is 5.54. The summed E-state index contributed by atoms with van der Waals surface area (Å²) in [6.07, 6.45) is 0. The van der Waals surface area contributed by atoms with Crippen molar-refractivity contribution in [3.8, 4) is 0 Å². The van der Waals surface area contributed by atoms with Crippen LogP contribution in [0, 0.1) is 5.82 Å². The lowest BCUT2D eigenvalue weighted by Crippen LogP contribution is -2.05. The van der Waals surface area contributed by atoms with Crippen LogP contribution in [0.2, 0.25) is 5.02 Å². The zero-order valence-corrected chi connectivity index (χ0v) is 11.4. The Morgan fingerprint density at radius 3 is 2.61 bits per heavy atom. The fourth-order valence-electron chi connectivity index (χ4n) is 1.54. The summed E-state index contributed by atoms with van der Waals surface area (Å²) in [5.41, 5.74) is 6.51. The lowest BCUT2D eigenvalue weighted by molar-refractivity contribution is 0.596. The molecule has 0 aromatic heterocycles. The van der Waals surface area contributed by atoms with Crippen LogP contribution in [-0.4, -0.2) is 0 Å². The third-order valence-corrected chi connectivity index (χ3v) is 3.78. The predicted octanol–water partition coefficient (Wildman–Crippen LogP) is 4.65. The highest BCUT2D eigenvalue weighted by atomic mass is 35.5. The summed E-state index contributed by atoms with van der Waals surface area (Å²) >= 11 is 7.24. The Hall–Kier alpha value is -1.03. The van der Waals surface area contributed by atoms with Crippen LogP contribution in [0.4, 0.5) is 4.39 Å². The monoisotopic (exact) mass is 281 g/mol. The maximum Gasteiger partial charge on any atom is 0.137 e. The second kappa shape index (κ2) is 5.74. The van der Waals surface area contributed by atoms with Crippen LogP contribution in [0.5, 0.6) is 0 Å². The summed E-state index contributed by atoms with van der Waals surface area (Å²) in [4.78, 5) is 1.48. The molecule has 0 unspecified atom stereocenters. The van der Waals surface area contributed by atoms with E-state index in [9.17, 15) is 4.39 Å². The van der Waals surface area contributed by atoms with E-state index in [1.54, 1.807) is 12.1 Å². The highest BCUT2D eigenvalue weighted by Gasteiger charge is 2.08. The van der Waals surface area contributed by atoms with Crippen LogP contribution in [0.25, 0.3) is 0 Å². The fourth-order valence-corrected chi connectivity index (χ4v) is 2.67. The first-order chi connectivity index (χ1) is 8.56. The van der Waals surface area contributed by atoms with Crippen LogP contribution < -0.4 is 5.73 Å². The second-order valence-corrected chi connectivity index (χ2v) is 5.59. The molecule has 1 atom stereocenters. The molecule has 0 heterocycles. The highest BCUT2D eigenvalue weighted by Crippen LogP contribution is 2.32. The van der Waals surface area contributed by atoms with Crippen molar-refractivity contribution in [1.82, 2.24) is 0 Å². The van der Waals surface area contributed by atoms with Crippen LogP contribution in [0.3, 0.4) is 0 Å². The predicted molar refractivity (Wildman–Crippen MR) is 74.6 cm³/mol. The third kappa shape index (κ3) is 3.25. The first-order valence-corrected chi connectivity index (χ1v) is 6.74. The molecule has 0 aliphatic rings. The van der Waals surface area contributed by atoms with Crippen LogP contribution >= 0.6 is 23.4 Å². The number of rotatable bonds is 3. The molecule has 2 aromatic carbocycles. The van der Waals surface area contributed by atoms with Crippen molar-refractivity contribution in [2.24, 2.45) is 5.73 Å². The van der Waals surface area contributed by atoms with Crippen LogP contribution in [0.1, 0.15) is 18.5 Å². The molecule has 0 fully saturated rings. The Labute approximate surface area is 115 Å². The Kier molecular flexibility index (Phi) is 4.27. The average Bonchev–Trinajstić information content (AvgIpc) is 2.31. The Balaban J connectivity index is 2.24. The number of hydrogen-bond donors (Lipinski definition) is 1. The number of hydrogen-bond acceptors (Lipinski definition) is 2. The molecule has 0 bridgehead atoms. The van der Waals surface area contributed by atoms with Crippen molar-refractivity contribution in [2.75, 3.05) is 0 Å². The fraction of sp³-hybridized carbons (Fsp3) is 0.143. The van der Waals surface area contributed by atoms with E-state index in [1.165, 1.54) is 17.8 Å². The Morgan fingerprint density at radius 1 is 1.22 bits per heavy atom. The van der Waals surface area contributed by atoms with Crippen molar-refractivity contribution < 1.29 is 4.39 Å². The van der Waals surface area contributed by atoms with E-state index >= 15 is 0 Å². The minimum atomic E-state index is -0.255. The smallest absolute Gasteiger partial charge is 0.137 e. The molecule has 0 radical (unpaired) electrons. The number of halogens is 2. The minimum absolute atomic E-state index is 0.162. The zero-order chi connectivity index (χ0) is 13.1. The molecule has 2 N–H and O–H groups in total. The van der Waals surface area contributed by atoms with Crippen molar-refractivity contribution in [2.45, 2.75) is 22.8 Å². The third-order valence-electron chi connectivity index (χ3n) is 2.51. The Morgan fingerprint density at radius 2 is 2.00 bits per heavy atom. The van der Waals surface area contributed by atoms with E-state index in [2.05, 4.69) is 0 Å². The standard InChI is InChI=1S/C14H13ClFNS/c1-9(17)10-5-6-14(13(16)7-10)18-12-4-2-3-11(15)8-12/h2-9H,17H2,1H3/t9-/m0/s1. The van der Waals surface area contributed by atoms with E-state index < -0.39 is 0 Å². The second-order valence-electron chi connectivity index (χ2n) is 4.04. The van der Waals surface area contributed by atoms with Gasteiger partial charge in [-0.05, 0) is 42.8 Å². The molecule has 2 aromatic rings. The van der Waals surface area contributed by atoms with Crippen molar-refractivity contribution in [1.29, 1.82) is 0 Å². The van der Waals surface area contributed by atoms with Crippen molar-refractivity contribution in [3.05, 3.63) is 58.9 Å². The molecular formula is C14H13ClFNS. The SMILES string of the molecule is C[C@H](N)c1ccc(Sc2cccc(Cl)c2)c(F)c1. The molecule has 94 valence electrons. The van der Waals surface area contributed by atoms with E-state index in [0.29, 0.717) is 9.92 Å². The summed E-state index contributed by atoms with van der Waals surface area (Å²) in [7, 11) is 0. The molecule has 0 saturated carbocycles. The average molecular weight is 282 g/mol. The van der Waals surface area contributed by atoms with Crippen molar-refractivity contribution >= 4 is 23.4 Å². The first kappa shape index (κ1) is 13.4. The van der Waals surface area contributed by atoms with Gasteiger partial charge in [-0.15, -0.1) is 0 Å². The van der Waals surface area contributed by atoms with E-state index in [0.717, 1.165) is 10.5 Å². The molecule has 0 spiro atoms. The highest BCUT2D eigenvalue weighted by molar-refractivity contribution is 7.99. The summed E-state index contributed by atoms with van der Waals surface area (Å²) in [5.74, 6) is -0.255. The largest absolute Gasteiger partial charge is 0.324 e. The quantitative estimate of drug-likeness (QED) is 0.886. The van der Waals surface area contributed by atoms with Gasteiger partial charge in [-0.2, -0.15) is 0 Å². The molecule has 18 heavy (non-hydrogen) atoms. The summed E-state index contributed by atoms with van der Waals surface area (Å²) in [5, 5.41) is 0.646. The van der Waals surface area contributed by atoms with Gasteiger partial charge in [0, 0.05) is 20.9 Å². The molecule has 0 saturated heterocycles. The van der Waals surface area contributed by atoms with E-state index in [4.69, 9.17) is 17.3 Å². The van der Waals surface area contributed by atoms with Gasteiger partial charge in [-0.25, -0.2) is 4.39 Å². The minimum Gasteiger partial charge on any atom is -0.324 e. The summed E-state index contributed by atoms with van der Waals surface area (Å²) in [6, 6.07) is 12.3. The Bertz CT molecular complexity index is 557. The van der Waals surface area contributed by atoms with Gasteiger partial charge in [0.05, 0.1) is 0 Å². The zero-order valence-electron chi connectivity index (χ0n) is 9.86. The van der Waals surface area contributed by atoms with Gasteiger partial charge in [0.15, 0.2) is 0 Å². The van der Waals surface area contributed by atoms with Gasteiger partial charge in [0.1, 0.15) is 5.82 Å². The summed E-state index contributed by atoms with van der Waals surface area (Å²) < 4.78 is 13.9. The van der Waals surface area contributed by atoms with Gasteiger partial charge >= 0.3 is 0 Å². The molecule has 1 nitrogen and oxygen atoms in total. The van der Waals surface area contributed by atoms with Gasteiger partial charge in [0.25, 0.3) is 0 Å². The number of benzene rings is 2. The topological polar surface area (TPSA) is 26.0 Å². The molecular weight excluding hydrogens is 269 g/mol. The van der Waals surface area contributed by atoms with Crippen LogP contribution in [-0.2, 0) is 0 Å². The molecule has 0 aliphatic carbocycles.